The van der Waals surface area contributed by atoms with Crippen molar-refractivity contribution in [2.75, 3.05) is 0 Å². The van der Waals surface area contributed by atoms with Gasteiger partial charge in [-0.1, -0.05) is 13.0 Å². The van der Waals surface area contributed by atoms with E-state index in [4.69, 9.17) is 10.5 Å². The maximum absolute atomic E-state index is 13.8. The molecule has 0 heterocycles. The summed E-state index contributed by atoms with van der Waals surface area (Å²) in [4.78, 5) is 11.7. The molecule has 4 heteroatoms. The SMILES string of the molecule is CCC(N)c1ccc(C(=O)OC(C)(C)C)c(F)c1. The van der Waals surface area contributed by atoms with Gasteiger partial charge in [-0.05, 0) is 44.9 Å². The van der Waals surface area contributed by atoms with E-state index in [0.717, 1.165) is 0 Å². The second-order valence-electron chi connectivity index (χ2n) is 5.26. The van der Waals surface area contributed by atoms with E-state index in [1.54, 1.807) is 26.8 Å². The van der Waals surface area contributed by atoms with Crippen molar-refractivity contribution in [1.82, 2.24) is 0 Å². The largest absolute Gasteiger partial charge is 0.456 e. The monoisotopic (exact) mass is 253 g/mol. The van der Waals surface area contributed by atoms with E-state index >= 15 is 0 Å². The number of rotatable bonds is 3. The minimum absolute atomic E-state index is 0.0584. The second-order valence-corrected chi connectivity index (χ2v) is 5.26. The third-order valence-corrected chi connectivity index (χ3v) is 2.48. The number of hydrogen-bond donors (Lipinski definition) is 1. The number of nitrogens with two attached hydrogens (primary N) is 1. The van der Waals surface area contributed by atoms with Crippen LogP contribution >= 0.6 is 0 Å². The van der Waals surface area contributed by atoms with Gasteiger partial charge in [0.2, 0.25) is 0 Å². The first-order valence-corrected chi connectivity index (χ1v) is 6.03. The molecule has 100 valence electrons. The third-order valence-electron chi connectivity index (χ3n) is 2.48. The lowest BCUT2D eigenvalue weighted by Crippen LogP contribution is -2.24. The Morgan fingerprint density at radius 3 is 2.50 bits per heavy atom. The fourth-order valence-electron chi connectivity index (χ4n) is 1.50. The molecule has 18 heavy (non-hydrogen) atoms. The number of esters is 1. The lowest BCUT2D eigenvalue weighted by atomic mass is 10.0. The maximum atomic E-state index is 13.8. The summed E-state index contributed by atoms with van der Waals surface area (Å²) in [7, 11) is 0. The lowest BCUT2D eigenvalue weighted by Gasteiger charge is -2.20. The van der Waals surface area contributed by atoms with Gasteiger partial charge in [0.25, 0.3) is 0 Å². The van der Waals surface area contributed by atoms with Crippen molar-refractivity contribution < 1.29 is 13.9 Å². The molecule has 0 saturated carbocycles. The topological polar surface area (TPSA) is 52.3 Å². The zero-order chi connectivity index (χ0) is 13.9. The van der Waals surface area contributed by atoms with Gasteiger partial charge in [0, 0.05) is 6.04 Å². The third kappa shape index (κ3) is 3.81. The van der Waals surface area contributed by atoms with Crippen LogP contribution < -0.4 is 5.73 Å². The smallest absolute Gasteiger partial charge is 0.341 e. The van der Waals surface area contributed by atoms with Crippen LogP contribution in [0.1, 0.15) is 56.1 Å². The van der Waals surface area contributed by atoms with Crippen LogP contribution in [-0.2, 0) is 4.74 Å². The van der Waals surface area contributed by atoms with Crippen LogP contribution in [0, 0.1) is 5.82 Å². The molecule has 0 aliphatic carbocycles. The highest BCUT2D eigenvalue weighted by atomic mass is 19.1. The van der Waals surface area contributed by atoms with Crippen LogP contribution in [0.15, 0.2) is 18.2 Å². The molecule has 0 aliphatic heterocycles. The average Bonchev–Trinajstić information content (AvgIpc) is 2.25. The fourth-order valence-corrected chi connectivity index (χ4v) is 1.50. The first-order chi connectivity index (χ1) is 8.24. The summed E-state index contributed by atoms with van der Waals surface area (Å²) in [6.45, 7) is 7.14. The van der Waals surface area contributed by atoms with Crippen molar-refractivity contribution >= 4 is 5.97 Å². The van der Waals surface area contributed by atoms with Crippen LogP contribution in [0.5, 0.6) is 0 Å². The second kappa shape index (κ2) is 5.48. The molecule has 1 rings (SSSR count). The summed E-state index contributed by atoms with van der Waals surface area (Å²) >= 11 is 0. The van der Waals surface area contributed by atoms with Crippen molar-refractivity contribution in [3.8, 4) is 0 Å². The highest BCUT2D eigenvalue weighted by molar-refractivity contribution is 5.90. The molecule has 0 aromatic heterocycles. The zero-order valence-electron chi connectivity index (χ0n) is 11.3. The lowest BCUT2D eigenvalue weighted by molar-refractivity contribution is 0.00647. The van der Waals surface area contributed by atoms with Crippen molar-refractivity contribution in [2.45, 2.75) is 45.8 Å². The van der Waals surface area contributed by atoms with Crippen molar-refractivity contribution in [3.05, 3.63) is 35.1 Å². The van der Waals surface area contributed by atoms with Gasteiger partial charge < -0.3 is 10.5 Å². The molecule has 0 fully saturated rings. The number of halogens is 1. The normalized spacial score (nSPS) is 13.2. The molecule has 2 N–H and O–H groups in total. The highest BCUT2D eigenvalue weighted by Crippen LogP contribution is 2.20. The van der Waals surface area contributed by atoms with E-state index in [0.29, 0.717) is 12.0 Å². The Hall–Kier alpha value is -1.42. The molecule has 0 bridgehead atoms. The Bertz CT molecular complexity index is 438. The predicted molar refractivity (Wildman–Crippen MR) is 68.8 cm³/mol. The van der Waals surface area contributed by atoms with Crippen molar-refractivity contribution in [2.24, 2.45) is 5.73 Å². The van der Waals surface area contributed by atoms with Gasteiger partial charge in [0.15, 0.2) is 0 Å². The molecule has 0 amide bonds. The van der Waals surface area contributed by atoms with Gasteiger partial charge in [0.1, 0.15) is 11.4 Å². The van der Waals surface area contributed by atoms with Gasteiger partial charge >= 0.3 is 5.97 Å². The standard InChI is InChI=1S/C14H20FNO2/c1-5-12(16)9-6-7-10(11(15)8-9)13(17)18-14(2,3)4/h6-8,12H,5,16H2,1-4H3. The molecule has 1 atom stereocenters. The summed E-state index contributed by atoms with van der Waals surface area (Å²) in [5, 5.41) is 0. The first kappa shape index (κ1) is 14.6. The number of benzene rings is 1. The Labute approximate surface area is 107 Å². The van der Waals surface area contributed by atoms with Crippen LogP contribution in [0.25, 0.3) is 0 Å². The van der Waals surface area contributed by atoms with Gasteiger partial charge in [-0.3, -0.25) is 0 Å². The molecule has 0 aliphatic rings. The number of hydrogen-bond acceptors (Lipinski definition) is 3. The Kier molecular flexibility index (Phi) is 4.46. The molecule has 1 aromatic carbocycles. The molecule has 0 radical (unpaired) electrons. The summed E-state index contributed by atoms with van der Waals surface area (Å²) in [5.41, 5.74) is 5.80. The minimum Gasteiger partial charge on any atom is -0.456 e. The Morgan fingerprint density at radius 2 is 2.06 bits per heavy atom. The van der Waals surface area contributed by atoms with E-state index in [1.807, 2.05) is 6.92 Å². The molecular formula is C14H20FNO2. The van der Waals surface area contributed by atoms with E-state index in [9.17, 15) is 9.18 Å². The summed E-state index contributed by atoms with van der Waals surface area (Å²) < 4.78 is 18.9. The number of ether oxygens (including phenoxy) is 1. The maximum Gasteiger partial charge on any atom is 0.341 e. The quantitative estimate of drug-likeness (QED) is 0.842. The fraction of sp³-hybridized carbons (Fsp3) is 0.500. The van der Waals surface area contributed by atoms with Crippen molar-refractivity contribution in [3.63, 3.8) is 0 Å². The Balaban J connectivity index is 2.96. The van der Waals surface area contributed by atoms with Gasteiger partial charge in [-0.2, -0.15) is 0 Å². The molecule has 0 saturated heterocycles. The first-order valence-electron chi connectivity index (χ1n) is 6.03. The van der Waals surface area contributed by atoms with Gasteiger partial charge in [0.05, 0.1) is 5.56 Å². The minimum atomic E-state index is -0.656. The predicted octanol–water partition coefficient (Wildman–Crippen LogP) is 3.19. The van der Waals surface area contributed by atoms with Crippen LogP contribution in [0.2, 0.25) is 0 Å². The van der Waals surface area contributed by atoms with E-state index in [1.165, 1.54) is 12.1 Å². The van der Waals surface area contributed by atoms with Crippen LogP contribution in [0.4, 0.5) is 4.39 Å². The molecule has 1 aromatic rings. The molecular weight excluding hydrogens is 233 g/mol. The summed E-state index contributed by atoms with van der Waals surface area (Å²) in [6.07, 6.45) is 0.714. The average molecular weight is 253 g/mol. The van der Waals surface area contributed by atoms with Crippen LogP contribution in [0.3, 0.4) is 0 Å². The summed E-state index contributed by atoms with van der Waals surface area (Å²) in [6, 6.07) is 4.17. The number of carbonyl (C=O) groups excluding carboxylic acids is 1. The summed E-state index contributed by atoms with van der Waals surface area (Å²) in [5.74, 6) is -1.25. The Morgan fingerprint density at radius 1 is 1.44 bits per heavy atom. The van der Waals surface area contributed by atoms with E-state index in [2.05, 4.69) is 0 Å². The van der Waals surface area contributed by atoms with Gasteiger partial charge in [-0.25, -0.2) is 9.18 Å². The molecule has 1 unspecified atom stereocenters. The molecule has 3 nitrogen and oxygen atoms in total. The van der Waals surface area contributed by atoms with Crippen molar-refractivity contribution in [1.29, 1.82) is 0 Å². The van der Waals surface area contributed by atoms with Gasteiger partial charge in [-0.15, -0.1) is 0 Å². The van der Waals surface area contributed by atoms with E-state index in [-0.39, 0.29) is 11.6 Å². The van der Waals surface area contributed by atoms with E-state index < -0.39 is 17.4 Å². The number of carbonyl (C=O) groups is 1. The van der Waals surface area contributed by atoms with Crippen LogP contribution in [-0.4, -0.2) is 11.6 Å². The highest BCUT2D eigenvalue weighted by Gasteiger charge is 2.21. The molecule has 0 spiro atoms. The zero-order valence-corrected chi connectivity index (χ0v) is 11.3.